The molecule has 34 heavy (non-hydrogen) atoms. The van der Waals surface area contributed by atoms with Crippen molar-refractivity contribution in [1.29, 1.82) is 0 Å². The Hall–Kier alpha value is -1.79. The minimum absolute atomic E-state index is 0.0612. The third-order valence-electron chi connectivity index (χ3n) is 8.18. The van der Waals surface area contributed by atoms with Gasteiger partial charge in [0.1, 0.15) is 17.3 Å². The highest BCUT2D eigenvalue weighted by atomic mass is 35.5. The van der Waals surface area contributed by atoms with Crippen LogP contribution in [0.2, 0.25) is 5.02 Å². The fourth-order valence-electron chi connectivity index (χ4n) is 6.03. The Morgan fingerprint density at radius 1 is 1.15 bits per heavy atom. The largest absolute Gasteiger partial charge is 0.497 e. The van der Waals surface area contributed by atoms with E-state index < -0.39 is 5.54 Å². The zero-order valence-corrected chi connectivity index (χ0v) is 21.5. The third kappa shape index (κ3) is 5.38. The highest BCUT2D eigenvalue weighted by Crippen LogP contribution is 2.36. The van der Waals surface area contributed by atoms with Gasteiger partial charge in [0.2, 0.25) is 11.8 Å². The van der Waals surface area contributed by atoms with Crippen LogP contribution in [0.1, 0.15) is 76.7 Å². The number of amides is 2. The molecular formula is C27H40ClN3O3. The molecule has 1 aliphatic carbocycles. The normalized spacial score (nSPS) is 23.9. The molecule has 2 aliphatic heterocycles. The van der Waals surface area contributed by atoms with Crippen molar-refractivity contribution in [3.8, 4) is 5.75 Å². The summed E-state index contributed by atoms with van der Waals surface area (Å²) in [5.41, 5.74) is 0.341. The monoisotopic (exact) mass is 489 g/mol. The molecular weight excluding hydrogens is 450 g/mol. The van der Waals surface area contributed by atoms with Gasteiger partial charge >= 0.3 is 0 Å². The van der Waals surface area contributed by atoms with Gasteiger partial charge in [0.25, 0.3) is 0 Å². The number of ether oxygens (including phenoxy) is 1. The predicted molar refractivity (Wildman–Crippen MR) is 135 cm³/mol. The molecule has 7 heteroatoms. The minimum Gasteiger partial charge on any atom is -0.497 e. The number of benzene rings is 1. The summed E-state index contributed by atoms with van der Waals surface area (Å²) in [6.07, 6.45) is 10.2. The minimum atomic E-state index is -0.713. The number of halogens is 1. The summed E-state index contributed by atoms with van der Waals surface area (Å²) in [6, 6.07) is 5.42. The third-order valence-corrected chi connectivity index (χ3v) is 8.53. The van der Waals surface area contributed by atoms with E-state index in [0.29, 0.717) is 30.3 Å². The van der Waals surface area contributed by atoms with Gasteiger partial charge in [0.15, 0.2) is 0 Å². The predicted octanol–water partition coefficient (Wildman–Crippen LogP) is 4.78. The Morgan fingerprint density at radius 2 is 1.88 bits per heavy atom. The Morgan fingerprint density at radius 3 is 2.53 bits per heavy atom. The Bertz CT molecular complexity index is 863. The molecule has 4 rings (SSSR count). The van der Waals surface area contributed by atoms with E-state index in [1.54, 1.807) is 7.11 Å². The quantitative estimate of drug-likeness (QED) is 0.570. The van der Waals surface area contributed by atoms with Gasteiger partial charge < -0.3 is 15.0 Å². The zero-order valence-electron chi connectivity index (χ0n) is 20.8. The van der Waals surface area contributed by atoms with Gasteiger partial charge in [-0.2, -0.15) is 0 Å². The summed E-state index contributed by atoms with van der Waals surface area (Å²) in [5.74, 6) is 1.51. The van der Waals surface area contributed by atoms with E-state index in [0.717, 1.165) is 50.2 Å². The Labute approximate surface area is 209 Å². The summed E-state index contributed by atoms with van der Waals surface area (Å²) in [5, 5.41) is 3.88. The molecule has 1 saturated carbocycles. The molecule has 2 amide bonds. The average molecular weight is 490 g/mol. The van der Waals surface area contributed by atoms with Gasteiger partial charge in [-0.3, -0.25) is 14.5 Å². The SMILES string of the molecule is CCCCN1C(=O)C(CC2CCCCC2)NC(=O)C12CCN(Cc1ccc(OC)cc1Cl)CC2. The first-order valence-corrected chi connectivity index (χ1v) is 13.5. The number of carbonyl (C=O) groups is 2. The van der Waals surface area contributed by atoms with Crippen molar-refractivity contribution in [1.82, 2.24) is 15.1 Å². The summed E-state index contributed by atoms with van der Waals surface area (Å²) in [7, 11) is 1.63. The Balaban J connectivity index is 1.44. The number of nitrogens with one attached hydrogen (secondary N) is 1. The second-order valence-corrected chi connectivity index (χ2v) is 10.8. The van der Waals surface area contributed by atoms with Crippen LogP contribution in [0.3, 0.4) is 0 Å². The maximum atomic E-state index is 13.7. The molecule has 188 valence electrons. The molecule has 2 saturated heterocycles. The molecule has 3 aliphatic rings. The average Bonchev–Trinajstić information content (AvgIpc) is 2.85. The number of piperidine rings is 1. The molecule has 1 atom stereocenters. The van der Waals surface area contributed by atoms with Crippen molar-refractivity contribution >= 4 is 23.4 Å². The fourth-order valence-corrected chi connectivity index (χ4v) is 6.26. The highest BCUT2D eigenvalue weighted by Gasteiger charge is 2.53. The van der Waals surface area contributed by atoms with Crippen LogP contribution in [0.15, 0.2) is 18.2 Å². The van der Waals surface area contributed by atoms with Gasteiger partial charge in [0.05, 0.1) is 7.11 Å². The smallest absolute Gasteiger partial charge is 0.246 e. The molecule has 3 fully saturated rings. The summed E-state index contributed by atoms with van der Waals surface area (Å²) in [6.45, 7) is 5.07. The lowest BCUT2D eigenvalue weighted by Gasteiger charge is -2.52. The first-order chi connectivity index (χ1) is 16.5. The maximum absolute atomic E-state index is 13.7. The lowest BCUT2D eigenvalue weighted by molar-refractivity contribution is -0.162. The van der Waals surface area contributed by atoms with E-state index in [1.807, 2.05) is 23.1 Å². The topological polar surface area (TPSA) is 61.9 Å². The van der Waals surface area contributed by atoms with E-state index in [-0.39, 0.29) is 17.9 Å². The number of methoxy groups -OCH3 is 1. The van der Waals surface area contributed by atoms with E-state index >= 15 is 0 Å². The van der Waals surface area contributed by atoms with Gasteiger partial charge in [-0.1, -0.05) is 63.1 Å². The maximum Gasteiger partial charge on any atom is 0.246 e. The molecule has 1 unspecified atom stereocenters. The number of likely N-dealkylation sites (tertiary alicyclic amines) is 1. The summed E-state index contributed by atoms with van der Waals surface area (Å²) in [4.78, 5) is 31.6. The molecule has 1 N–H and O–H groups in total. The molecule has 1 aromatic carbocycles. The van der Waals surface area contributed by atoms with Gasteiger partial charge in [-0.05, 0) is 49.3 Å². The first-order valence-electron chi connectivity index (χ1n) is 13.1. The number of unbranched alkanes of at least 4 members (excludes halogenated alkanes) is 1. The van der Waals surface area contributed by atoms with Crippen molar-refractivity contribution in [2.24, 2.45) is 5.92 Å². The molecule has 2 heterocycles. The molecule has 0 aromatic heterocycles. The van der Waals surface area contributed by atoms with E-state index in [1.165, 1.54) is 32.1 Å². The molecule has 1 aromatic rings. The first kappa shape index (κ1) is 25.3. The van der Waals surface area contributed by atoms with E-state index in [2.05, 4.69) is 17.1 Å². The second-order valence-electron chi connectivity index (χ2n) is 10.4. The lowest BCUT2D eigenvalue weighted by atomic mass is 9.79. The number of carbonyl (C=O) groups excluding carboxylic acids is 2. The van der Waals surface area contributed by atoms with E-state index in [4.69, 9.17) is 16.3 Å². The summed E-state index contributed by atoms with van der Waals surface area (Å²) >= 11 is 6.46. The number of rotatable bonds is 8. The lowest BCUT2D eigenvalue weighted by Crippen LogP contribution is -2.73. The van der Waals surface area contributed by atoms with Crippen LogP contribution >= 0.6 is 11.6 Å². The molecule has 1 spiro atoms. The van der Waals surface area contributed by atoms with Crippen molar-refractivity contribution < 1.29 is 14.3 Å². The second kappa shape index (κ2) is 11.3. The molecule has 6 nitrogen and oxygen atoms in total. The Kier molecular flexibility index (Phi) is 8.41. The summed E-state index contributed by atoms with van der Waals surface area (Å²) < 4.78 is 5.26. The zero-order chi connectivity index (χ0) is 24.1. The van der Waals surface area contributed by atoms with Crippen LogP contribution in [0.25, 0.3) is 0 Å². The molecule has 0 radical (unpaired) electrons. The standard InChI is InChI=1S/C27H40ClN3O3/c1-3-4-14-31-25(32)24(17-20-8-6-5-7-9-20)29-26(33)27(31)12-15-30(16-13-27)19-21-10-11-22(34-2)18-23(21)28/h10-11,18,20,24H,3-9,12-17,19H2,1-2H3,(H,29,33). The van der Waals surface area contributed by atoms with Crippen LogP contribution in [-0.4, -0.2) is 59.9 Å². The number of nitrogens with zero attached hydrogens (tertiary/aromatic N) is 2. The number of hydrogen-bond donors (Lipinski definition) is 1. The van der Waals surface area contributed by atoms with Crippen molar-refractivity contribution in [3.63, 3.8) is 0 Å². The van der Waals surface area contributed by atoms with Crippen molar-refractivity contribution in [3.05, 3.63) is 28.8 Å². The van der Waals surface area contributed by atoms with Gasteiger partial charge in [-0.15, -0.1) is 0 Å². The number of piperazine rings is 1. The van der Waals surface area contributed by atoms with Crippen LogP contribution in [-0.2, 0) is 16.1 Å². The van der Waals surface area contributed by atoms with Crippen LogP contribution in [0.4, 0.5) is 0 Å². The molecule has 0 bridgehead atoms. The fraction of sp³-hybridized carbons (Fsp3) is 0.704. The van der Waals surface area contributed by atoms with Crippen molar-refractivity contribution in [2.45, 2.75) is 89.3 Å². The van der Waals surface area contributed by atoms with Crippen molar-refractivity contribution in [2.75, 3.05) is 26.7 Å². The highest BCUT2D eigenvalue weighted by molar-refractivity contribution is 6.31. The van der Waals surface area contributed by atoms with Crippen LogP contribution in [0.5, 0.6) is 5.75 Å². The van der Waals surface area contributed by atoms with Crippen LogP contribution < -0.4 is 10.1 Å². The van der Waals surface area contributed by atoms with Crippen LogP contribution in [0, 0.1) is 5.92 Å². The number of hydrogen-bond acceptors (Lipinski definition) is 4. The van der Waals surface area contributed by atoms with Gasteiger partial charge in [0, 0.05) is 31.2 Å². The van der Waals surface area contributed by atoms with E-state index in [9.17, 15) is 9.59 Å². The van der Waals surface area contributed by atoms with Gasteiger partial charge in [-0.25, -0.2) is 0 Å².